The van der Waals surface area contributed by atoms with Gasteiger partial charge in [-0.2, -0.15) is 0 Å². The first-order valence-electron chi connectivity index (χ1n) is 8.64. The van der Waals surface area contributed by atoms with Crippen LogP contribution in [-0.4, -0.2) is 38.6 Å². The molecule has 6 nitrogen and oxygen atoms in total. The van der Waals surface area contributed by atoms with Crippen LogP contribution in [0.25, 0.3) is 0 Å². The van der Waals surface area contributed by atoms with Gasteiger partial charge in [-0.25, -0.2) is 0 Å². The molecule has 0 saturated carbocycles. The molecule has 1 aliphatic rings. The van der Waals surface area contributed by atoms with Crippen LogP contribution < -0.4 is 15.5 Å². The Bertz CT molecular complexity index is 683. The molecular formula is C17H27BBrO6P. The highest BCUT2D eigenvalue weighted by molar-refractivity contribution is 9.10. The topological polar surface area (TPSA) is 63.2 Å². The predicted molar refractivity (Wildman–Crippen MR) is 107 cm³/mol. The molecule has 1 heterocycles. The fourth-order valence-corrected chi connectivity index (χ4v) is 5.08. The summed E-state index contributed by atoms with van der Waals surface area (Å²) in [6.07, 6.45) is 0. The molecular weight excluding hydrogens is 422 g/mol. The minimum absolute atomic E-state index is 0.235. The van der Waals surface area contributed by atoms with E-state index in [1.165, 1.54) is 7.11 Å². The molecule has 2 rings (SSSR count). The molecule has 1 aliphatic heterocycles. The van der Waals surface area contributed by atoms with Gasteiger partial charge in [-0.3, -0.25) is 4.57 Å². The van der Waals surface area contributed by atoms with Crippen molar-refractivity contribution in [1.82, 2.24) is 0 Å². The lowest BCUT2D eigenvalue weighted by Gasteiger charge is -2.32. The number of halogens is 1. The molecule has 0 atom stereocenters. The summed E-state index contributed by atoms with van der Waals surface area (Å²) in [7, 11) is -2.84. The second-order valence-corrected chi connectivity index (χ2v) is 9.84. The molecule has 0 spiro atoms. The molecule has 0 bridgehead atoms. The first-order valence-corrected chi connectivity index (χ1v) is 11.0. The van der Waals surface area contributed by atoms with Gasteiger partial charge in [0, 0.05) is 9.94 Å². The average molecular weight is 449 g/mol. The highest BCUT2D eigenvalue weighted by Gasteiger charge is 2.54. The molecule has 0 aliphatic carbocycles. The Balaban J connectivity index is 2.67. The number of hydrogen-bond donors (Lipinski definition) is 0. The number of benzene rings is 1. The standard InChI is InChI=1S/C17H27BBrO6P/c1-8-22-26(20,23-9-2)15-13(10-12(19)11-14(15)21-7)18-24-16(3,4)17(5,6)25-18/h10-11H,8-9H2,1-7H3. The van der Waals surface area contributed by atoms with E-state index in [2.05, 4.69) is 15.9 Å². The van der Waals surface area contributed by atoms with Crippen molar-refractivity contribution in [1.29, 1.82) is 0 Å². The van der Waals surface area contributed by atoms with Crippen molar-refractivity contribution in [2.45, 2.75) is 52.7 Å². The summed E-state index contributed by atoms with van der Waals surface area (Å²) in [5.74, 6) is 0.398. The van der Waals surface area contributed by atoms with Crippen LogP contribution in [0.4, 0.5) is 0 Å². The maximum atomic E-state index is 13.6. The van der Waals surface area contributed by atoms with Crippen molar-refractivity contribution in [3.63, 3.8) is 0 Å². The smallest absolute Gasteiger partial charge is 0.495 e. The monoisotopic (exact) mass is 448 g/mol. The van der Waals surface area contributed by atoms with E-state index in [-0.39, 0.29) is 13.2 Å². The van der Waals surface area contributed by atoms with E-state index in [1.807, 2.05) is 33.8 Å². The normalized spacial score (nSPS) is 19.0. The lowest BCUT2D eigenvalue weighted by atomic mass is 9.79. The van der Waals surface area contributed by atoms with Crippen LogP contribution in [0.1, 0.15) is 41.5 Å². The fourth-order valence-electron chi connectivity index (χ4n) is 2.70. The van der Waals surface area contributed by atoms with E-state index in [1.54, 1.807) is 19.9 Å². The quantitative estimate of drug-likeness (QED) is 0.468. The number of hydrogen-bond acceptors (Lipinski definition) is 6. The van der Waals surface area contributed by atoms with Crippen LogP contribution in [0.3, 0.4) is 0 Å². The molecule has 146 valence electrons. The van der Waals surface area contributed by atoms with E-state index in [9.17, 15) is 4.57 Å². The Morgan fingerprint density at radius 2 is 1.58 bits per heavy atom. The van der Waals surface area contributed by atoms with Gasteiger partial charge in [0.1, 0.15) is 11.1 Å². The lowest BCUT2D eigenvalue weighted by molar-refractivity contribution is 0.00578. The molecule has 1 aromatic rings. The summed E-state index contributed by atoms with van der Waals surface area (Å²) in [6, 6.07) is 3.54. The molecule has 0 aromatic heterocycles. The Hall–Kier alpha value is -0.365. The van der Waals surface area contributed by atoms with Gasteiger partial charge in [-0.1, -0.05) is 15.9 Å². The van der Waals surface area contributed by atoms with Crippen molar-refractivity contribution < 1.29 is 27.7 Å². The third kappa shape index (κ3) is 4.06. The fraction of sp³-hybridized carbons (Fsp3) is 0.647. The highest BCUT2D eigenvalue weighted by Crippen LogP contribution is 2.49. The molecule has 1 aromatic carbocycles. The number of ether oxygens (including phenoxy) is 1. The van der Waals surface area contributed by atoms with Gasteiger partial charge in [-0.15, -0.1) is 0 Å². The zero-order valence-corrected chi connectivity index (χ0v) is 18.9. The summed E-state index contributed by atoms with van der Waals surface area (Å²) in [5, 5.41) is 0.338. The first-order chi connectivity index (χ1) is 12.0. The van der Waals surface area contributed by atoms with Gasteiger partial charge >= 0.3 is 14.7 Å². The maximum absolute atomic E-state index is 13.6. The van der Waals surface area contributed by atoms with Crippen LogP contribution in [0, 0.1) is 0 Å². The van der Waals surface area contributed by atoms with Crippen molar-refractivity contribution in [2.24, 2.45) is 0 Å². The third-order valence-electron chi connectivity index (χ3n) is 4.67. The SMILES string of the molecule is CCOP(=O)(OCC)c1c(OC)cc(Br)cc1B1OC(C)(C)C(C)(C)O1. The largest absolute Gasteiger partial charge is 0.496 e. The van der Waals surface area contributed by atoms with E-state index < -0.39 is 25.9 Å². The first kappa shape index (κ1) is 21.9. The van der Waals surface area contributed by atoms with E-state index in [4.69, 9.17) is 23.1 Å². The zero-order valence-electron chi connectivity index (χ0n) is 16.4. The minimum atomic E-state index is -3.63. The molecule has 0 unspecified atom stereocenters. The highest BCUT2D eigenvalue weighted by atomic mass is 79.9. The van der Waals surface area contributed by atoms with Crippen molar-refractivity contribution in [3.8, 4) is 5.75 Å². The molecule has 26 heavy (non-hydrogen) atoms. The molecule has 0 amide bonds. The maximum Gasteiger partial charge on any atom is 0.495 e. The molecule has 9 heteroatoms. The molecule has 0 radical (unpaired) electrons. The van der Waals surface area contributed by atoms with Gasteiger partial charge < -0.3 is 23.1 Å². The van der Waals surface area contributed by atoms with Crippen molar-refractivity contribution in [2.75, 3.05) is 20.3 Å². The van der Waals surface area contributed by atoms with Gasteiger partial charge in [0.2, 0.25) is 0 Å². The average Bonchev–Trinajstić information content (AvgIpc) is 2.74. The zero-order chi connectivity index (χ0) is 19.8. The van der Waals surface area contributed by atoms with Gasteiger partial charge in [0.15, 0.2) is 0 Å². The Morgan fingerprint density at radius 3 is 2.00 bits per heavy atom. The Labute approximate surface area is 164 Å². The summed E-state index contributed by atoms with van der Waals surface area (Å²) >= 11 is 3.47. The Morgan fingerprint density at radius 1 is 1.08 bits per heavy atom. The third-order valence-corrected chi connectivity index (χ3v) is 7.35. The molecule has 1 fully saturated rings. The van der Waals surface area contributed by atoms with Crippen molar-refractivity contribution in [3.05, 3.63) is 16.6 Å². The number of methoxy groups -OCH3 is 1. The summed E-state index contributed by atoms with van der Waals surface area (Å²) in [5.41, 5.74) is -0.502. The van der Waals surface area contributed by atoms with E-state index in [0.29, 0.717) is 16.5 Å². The van der Waals surface area contributed by atoms with E-state index >= 15 is 0 Å². The van der Waals surface area contributed by atoms with Crippen LogP contribution in [0.15, 0.2) is 16.6 Å². The van der Waals surface area contributed by atoms with Gasteiger partial charge in [0.25, 0.3) is 0 Å². The van der Waals surface area contributed by atoms with Gasteiger partial charge in [-0.05, 0) is 53.7 Å². The predicted octanol–water partition coefficient (Wildman–Crippen LogP) is 3.65. The lowest BCUT2D eigenvalue weighted by Crippen LogP contribution is -2.44. The van der Waals surface area contributed by atoms with Crippen molar-refractivity contribution >= 4 is 41.4 Å². The molecule has 0 N–H and O–H groups in total. The second-order valence-electron chi connectivity index (χ2n) is 6.97. The van der Waals surface area contributed by atoms with Crippen LogP contribution in [0.2, 0.25) is 0 Å². The van der Waals surface area contributed by atoms with Gasteiger partial charge in [0.05, 0.1) is 31.5 Å². The van der Waals surface area contributed by atoms with E-state index in [0.717, 1.165) is 4.47 Å². The summed E-state index contributed by atoms with van der Waals surface area (Å²) in [4.78, 5) is 0. The number of rotatable bonds is 7. The Kier molecular flexibility index (Phi) is 6.70. The summed E-state index contributed by atoms with van der Waals surface area (Å²) in [6.45, 7) is 11.9. The second kappa shape index (κ2) is 7.94. The van der Waals surface area contributed by atoms with Crippen LogP contribution >= 0.6 is 23.5 Å². The summed E-state index contributed by atoms with van der Waals surface area (Å²) < 4.78 is 43.3. The van der Waals surface area contributed by atoms with Crippen LogP contribution in [-0.2, 0) is 22.9 Å². The molecule has 1 saturated heterocycles. The van der Waals surface area contributed by atoms with Crippen LogP contribution in [0.5, 0.6) is 5.75 Å². The minimum Gasteiger partial charge on any atom is -0.496 e.